The summed E-state index contributed by atoms with van der Waals surface area (Å²) in [6, 6.07) is 7.42. The number of nitro groups is 1. The van der Waals surface area contributed by atoms with Crippen molar-refractivity contribution in [2.75, 3.05) is 0 Å². The van der Waals surface area contributed by atoms with Gasteiger partial charge in [-0.2, -0.15) is 5.26 Å². The van der Waals surface area contributed by atoms with Crippen molar-refractivity contribution in [3.8, 4) is 18.4 Å². The van der Waals surface area contributed by atoms with E-state index < -0.39 is 16.9 Å². The van der Waals surface area contributed by atoms with Gasteiger partial charge in [0.1, 0.15) is 0 Å². The van der Waals surface area contributed by atoms with Crippen molar-refractivity contribution in [2.45, 2.75) is 18.4 Å². The maximum absolute atomic E-state index is 10.5. The van der Waals surface area contributed by atoms with Gasteiger partial charge >= 0.3 is 0 Å². The molecule has 2 atom stereocenters. The van der Waals surface area contributed by atoms with Crippen LogP contribution in [0.4, 0.5) is 5.69 Å². The average Bonchev–Trinajstić information content (AvgIpc) is 2.31. The number of aliphatic hydroxyl groups is 1. The molecule has 0 aliphatic carbocycles. The molecule has 0 saturated heterocycles. The fourth-order valence-electron chi connectivity index (χ4n) is 1.42. The van der Waals surface area contributed by atoms with E-state index >= 15 is 0 Å². The van der Waals surface area contributed by atoms with Gasteiger partial charge < -0.3 is 5.11 Å². The lowest BCUT2D eigenvalue weighted by Crippen LogP contribution is -2.16. The summed E-state index contributed by atoms with van der Waals surface area (Å²) >= 11 is 0. The zero-order valence-electron chi connectivity index (χ0n) is 8.91. The third-order valence-electron chi connectivity index (χ3n) is 2.31. The molecule has 0 fully saturated rings. The molecule has 0 aliphatic rings. The van der Waals surface area contributed by atoms with Gasteiger partial charge in [0.2, 0.25) is 0 Å². The maximum Gasteiger partial charge on any atom is 0.269 e. The van der Waals surface area contributed by atoms with Crippen molar-refractivity contribution in [3.63, 3.8) is 0 Å². The molecule has 17 heavy (non-hydrogen) atoms. The Bertz CT molecular complexity index is 482. The lowest BCUT2D eigenvalue weighted by atomic mass is 9.93. The smallest absolute Gasteiger partial charge is 0.269 e. The molecule has 1 N–H and O–H groups in total. The standard InChI is InChI=1S/C12H10N2O3/c1-2-3-12(15)11(8-13)9-4-6-10(7-5-9)14(16)17/h1,4-7,11-12,15H,3H2. The number of nitrogens with zero attached hydrogens (tertiary/aromatic N) is 2. The van der Waals surface area contributed by atoms with Crippen LogP contribution in [-0.4, -0.2) is 16.1 Å². The summed E-state index contributed by atoms with van der Waals surface area (Å²) in [6.45, 7) is 0. The highest BCUT2D eigenvalue weighted by Gasteiger charge is 2.20. The van der Waals surface area contributed by atoms with E-state index in [1.54, 1.807) is 0 Å². The Balaban J connectivity index is 2.95. The molecule has 1 aromatic rings. The van der Waals surface area contributed by atoms with Gasteiger partial charge in [-0.3, -0.25) is 10.1 Å². The predicted molar refractivity (Wildman–Crippen MR) is 60.9 cm³/mol. The normalized spacial score (nSPS) is 13.1. The summed E-state index contributed by atoms with van der Waals surface area (Å²) in [5.41, 5.74) is 0.456. The molecule has 0 spiro atoms. The van der Waals surface area contributed by atoms with Gasteiger partial charge in [-0.1, -0.05) is 12.1 Å². The van der Waals surface area contributed by atoms with Crippen LogP contribution in [0.5, 0.6) is 0 Å². The van der Waals surface area contributed by atoms with Crippen LogP contribution in [0, 0.1) is 33.8 Å². The lowest BCUT2D eigenvalue weighted by Gasteiger charge is -2.14. The van der Waals surface area contributed by atoms with E-state index in [4.69, 9.17) is 11.7 Å². The Hall–Kier alpha value is -2.37. The second kappa shape index (κ2) is 5.64. The summed E-state index contributed by atoms with van der Waals surface area (Å²) in [4.78, 5) is 9.93. The number of hydrogen-bond donors (Lipinski definition) is 1. The summed E-state index contributed by atoms with van der Waals surface area (Å²) in [7, 11) is 0. The number of hydrogen-bond acceptors (Lipinski definition) is 4. The predicted octanol–water partition coefficient (Wildman–Crippen LogP) is 1.59. The number of nitriles is 1. The second-order valence-electron chi connectivity index (χ2n) is 3.43. The monoisotopic (exact) mass is 230 g/mol. The molecule has 2 unspecified atom stereocenters. The van der Waals surface area contributed by atoms with Gasteiger partial charge in [-0.05, 0) is 5.56 Å². The van der Waals surface area contributed by atoms with E-state index in [0.717, 1.165) is 0 Å². The van der Waals surface area contributed by atoms with Crippen LogP contribution in [0.1, 0.15) is 17.9 Å². The first-order valence-electron chi connectivity index (χ1n) is 4.85. The fraction of sp³-hybridized carbons (Fsp3) is 0.250. The number of rotatable bonds is 4. The molecular formula is C12H10N2O3. The highest BCUT2D eigenvalue weighted by molar-refractivity contribution is 5.36. The lowest BCUT2D eigenvalue weighted by molar-refractivity contribution is -0.384. The summed E-state index contributed by atoms with van der Waals surface area (Å²) < 4.78 is 0. The number of aliphatic hydroxyl groups excluding tert-OH is 1. The number of benzene rings is 1. The van der Waals surface area contributed by atoms with E-state index in [-0.39, 0.29) is 12.1 Å². The minimum Gasteiger partial charge on any atom is -0.390 e. The van der Waals surface area contributed by atoms with Crippen molar-refractivity contribution in [1.82, 2.24) is 0 Å². The largest absolute Gasteiger partial charge is 0.390 e. The van der Waals surface area contributed by atoms with Gasteiger partial charge in [0, 0.05) is 18.6 Å². The molecule has 5 heteroatoms. The third-order valence-corrected chi connectivity index (χ3v) is 2.31. The summed E-state index contributed by atoms with van der Waals surface area (Å²) in [6.07, 6.45) is 4.15. The van der Waals surface area contributed by atoms with Gasteiger partial charge in [-0.25, -0.2) is 0 Å². The molecule has 0 amide bonds. The first-order valence-corrected chi connectivity index (χ1v) is 4.85. The molecule has 1 rings (SSSR count). The highest BCUT2D eigenvalue weighted by atomic mass is 16.6. The van der Waals surface area contributed by atoms with Crippen LogP contribution >= 0.6 is 0 Å². The van der Waals surface area contributed by atoms with Crippen molar-refractivity contribution >= 4 is 5.69 Å². The molecule has 0 heterocycles. The van der Waals surface area contributed by atoms with Gasteiger partial charge in [0.15, 0.2) is 0 Å². The van der Waals surface area contributed by atoms with Crippen molar-refractivity contribution < 1.29 is 10.0 Å². The molecule has 5 nitrogen and oxygen atoms in total. The van der Waals surface area contributed by atoms with Crippen LogP contribution in [0.15, 0.2) is 24.3 Å². The van der Waals surface area contributed by atoms with E-state index in [0.29, 0.717) is 5.56 Å². The van der Waals surface area contributed by atoms with Crippen molar-refractivity contribution in [1.29, 1.82) is 5.26 Å². The van der Waals surface area contributed by atoms with Crippen LogP contribution in [-0.2, 0) is 0 Å². The zero-order valence-corrected chi connectivity index (χ0v) is 8.91. The maximum atomic E-state index is 10.5. The summed E-state index contributed by atoms with van der Waals surface area (Å²) in [5, 5.41) is 29.0. The molecule has 0 aromatic heterocycles. The van der Waals surface area contributed by atoms with Crippen LogP contribution in [0.3, 0.4) is 0 Å². The molecule has 0 saturated carbocycles. The Morgan fingerprint density at radius 1 is 1.47 bits per heavy atom. The minimum atomic E-state index is -0.966. The topological polar surface area (TPSA) is 87.2 Å². The summed E-state index contributed by atoms with van der Waals surface area (Å²) in [5.74, 6) is 1.50. The Morgan fingerprint density at radius 3 is 2.47 bits per heavy atom. The minimum absolute atomic E-state index is 0.0584. The van der Waals surface area contributed by atoms with E-state index in [2.05, 4.69) is 5.92 Å². The van der Waals surface area contributed by atoms with Crippen LogP contribution in [0.2, 0.25) is 0 Å². The SMILES string of the molecule is C#CCC(O)C(C#N)c1ccc([N+](=O)[O-])cc1. The van der Waals surface area contributed by atoms with E-state index in [1.165, 1.54) is 24.3 Å². The second-order valence-corrected chi connectivity index (χ2v) is 3.43. The first-order chi connectivity index (χ1) is 8.10. The molecule has 0 bridgehead atoms. The Kier molecular flexibility index (Phi) is 4.21. The number of nitro benzene ring substituents is 1. The molecule has 1 aromatic carbocycles. The van der Waals surface area contributed by atoms with Crippen molar-refractivity contribution in [2.24, 2.45) is 0 Å². The van der Waals surface area contributed by atoms with Gasteiger partial charge in [-0.15, -0.1) is 12.3 Å². The molecule has 86 valence electrons. The van der Waals surface area contributed by atoms with Crippen LogP contribution in [0.25, 0.3) is 0 Å². The van der Waals surface area contributed by atoms with E-state index in [1.807, 2.05) is 6.07 Å². The van der Waals surface area contributed by atoms with E-state index in [9.17, 15) is 15.2 Å². The number of non-ortho nitro benzene ring substituents is 1. The van der Waals surface area contributed by atoms with Crippen molar-refractivity contribution in [3.05, 3.63) is 39.9 Å². The Labute approximate surface area is 98.5 Å². The molecule has 0 aliphatic heterocycles. The van der Waals surface area contributed by atoms with Gasteiger partial charge in [0.05, 0.1) is 23.0 Å². The van der Waals surface area contributed by atoms with Crippen LogP contribution < -0.4 is 0 Å². The first kappa shape index (κ1) is 12.7. The third kappa shape index (κ3) is 3.04. The zero-order chi connectivity index (χ0) is 12.8. The molecular weight excluding hydrogens is 220 g/mol. The quantitative estimate of drug-likeness (QED) is 0.483. The highest BCUT2D eigenvalue weighted by Crippen LogP contribution is 2.23. The fourth-order valence-corrected chi connectivity index (χ4v) is 1.42. The number of terminal acetylenes is 1. The molecule has 0 radical (unpaired) electrons. The average molecular weight is 230 g/mol. The van der Waals surface area contributed by atoms with Gasteiger partial charge in [0.25, 0.3) is 5.69 Å². The Morgan fingerprint density at radius 2 is 2.06 bits per heavy atom.